The summed E-state index contributed by atoms with van der Waals surface area (Å²) in [7, 11) is -3.77. The second-order valence-corrected chi connectivity index (χ2v) is 5.91. The van der Waals surface area contributed by atoms with Gasteiger partial charge in [0.2, 0.25) is 10.0 Å². The summed E-state index contributed by atoms with van der Waals surface area (Å²) in [5.74, 6) is 0.939. The van der Waals surface area contributed by atoms with Crippen LogP contribution in [0.5, 0.6) is 0 Å². The van der Waals surface area contributed by atoms with Crippen LogP contribution in [0, 0.1) is 25.2 Å². The molecule has 104 valence electrons. The normalized spacial score (nSPS) is 11.2. The summed E-state index contributed by atoms with van der Waals surface area (Å²) < 4.78 is 32.1. The second kappa shape index (κ2) is 5.45. The molecule has 1 aromatic heterocycles. The Labute approximate surface area is 117 Å². The molecule has 0 unspecified atom stereocenters. The molecule has 0 aliphatic rings. The van der Waals surface area contributed by atoms with E-state index >= 15 is 0 Å². The van der Waals surface area contributed by atoms with Gasteiger partial charge in [0, 0.05) is 6.92 Å². The van der Waals surface area contributed by atoms with E-state index in [1.165, 1.54) is 12.1 Å². The molecule has 2 aromatic rings. The Kier molecular flexibility index (Phi) is 3.88. The van der Waals surface area contributed by atoms with E-state index < -0.39 is 10.0 Å². The van der Waals surface area contributed by atoms with Gasteiger partial charge in [-0.1, -0.05) is 12.1 Å². The number of nitrogens with zero attached hydrogens (tertiary/aromatic N) is 2. The number of sulfonamides is 1. The highest BCUT2D eigenvalue weighted by molar-refractivity contribution is 7.89. The van der Waals surface area contributed by atoms with E-state index in [9.17, 15) is 8.42 Å². The summed E-state index contributed by atoms with van der Waals surface area (Å²) in [4.78, 5) is 4.02. The van der Waals surface area contributed by atoms with Crippen molar-refractivity contribution in [2.24, 2.45) is 0 Å². The lowest BCUT2D eigenvalue weighted by molar-refractivity contribution is 0.466. The molecular formula is C13H13N3O3S. The van der Waals surface area contributed by atoms with Crippen LogP contribution in [0.3, 0.4) is 0 Å². The Morgan fingerprint density at radius 3 is 2.65 bits per heavy atom. The van der Waals surface area contributed by atoms with Crippen LogP contribution in [0.4, 0.5) is 0 Å². The van der Waals surface area contributed by atoms with Crippen molar-refractivity contribution < 1.29 is 12.8 Å². The molecule has 20 heavy (non-hydrogen) atoms. The summed E-state index contributed by atoms with van der Waals surface area (Å²) in [5, 5.41) is 8.94. The van der Waals surface area contributed by atoms with Gasteiger partial charge < -0.3 is 4.42 Å². The van der Waals surface area contributed by atoms with Crippen LogP contribution >= 0.6 is 0 Å². The molecule has 0 fully saturated rings. The number of rotatable bonds is 4. The molecule has 0 amide bonds. The van der Waals surface area contributed by atoms with E-state index in [1.54, 1.807) is 26.0 Å². The van der Waals surface area contributed by atoms with Crippen molar-refractivity contribution >= 4 is 10.0 Å². The van der Waals surface area contributed by atoms with Gasteiger partial charge in [-0.25, -0.2) is 18.1 Å². The standard InChI is InChI=1S/C13H13N3O3S/c1-9-12(19-10(2)16-9)8-15-20(17,18)13-6-4-3-5-11(13)7-14/h3-6,15H,8H2,1-2H3. The summed E-state index contributed by atoms with van der Waals surface area (Å²) >= 11 is 0. The van der Waals surface area contributed by atoms with Crippen LogP contribution in [0.1, 0.15) is 22.9 Å². The first kappa shape index (κ1) is 14.2. The first-order valence-corrected chi connectivity index (χ1v) is 7.34. The highest BCUT2D eigenvalue weighted by Crippen LogP contribution is 2.15. The Morgan fingerprint density at radius 2 is 2.05 bits per heavy atom. The van der Waals surface area contributed by atoms with Crippen molar-refractivity contribution in [3.63, 3.8) is 0 Å². The van der Waals surface area contributed by atoms with Crippen molar-refractivity contribution in [3.05, 3.63) is 47.2 Å². The first-order valence-electron chi connectivity index (χ1n) is 5.86. The summed E-state index contributed by atoms with van der Waals surface area (Å²) in [5.41, 5.74) is 0.740. The molecule has 0 spiro atoms. The van der Waals surface area contributed by atoms with Gasteiger partial charge in [0.1, 0.15) is 11.8 Å². The predicted molar refractivity (Wildman–Crippen MR) is 71.2 cm³/mol. The summed E-state index contributed by atoms with van der Waals surface area (Å²) in [6.45, 7) is 3.42. The minimum atomic E-state index is -3.77. The number of nitriles is 1. The van der Waals surface area contributed by atoms with Crippen LogP contribution in [0.15, 0.2) is 33.6 Å². The molecule has 0 radical (unpaired) electrons. The van der Waals surface area contributed by atoms with Crippen molar-refractivity contribution in [3.8, 4) is 6.07 Å². The zero-order chi connectivity index (χ0) is 14.8. The molecule has 2 rings (SSSR count). The average molecular weight is 291 g/mol. The quantitative estimate of drug-likeness (QED) is 0.923. The Hall–Kier alpha value is -2.17. The van der Waals surface area contributed by atoms with Crippen molar-refractivity contribution in [1.29, 1.82) is 5.26 Å². The fraction of sp³-hybridized carbons (Fsp3) is 0.231. The molecule has 7 heteroatoms. The third-order valence-corrected chi connectivity index (χ3v) is 4.18. The lowest BCUT2D eigenvalue weighted by Gasteiger charge is -2.06. The van der Waals surface area contributed by atoms with E-state index in [4.69, 9.17) is 9.68 Å². The molecule has 0 bridgehead atoms. The third kappa shape index (κ3) is 2.87. The smallest absolute Gasteiger partial charge is 0.242 e. The number of benzene rings is 1. The van der Waals surface area contributed by atoms with E-state index in [-0.39, 0.29) is 17.0 Å². The second-order valence-electron chi connectivity index (χ2n) is 4.17. The minimum Gasteiger partial charge on any atom is -0.444 e. The van der Waals surface area contributed by atoms with Gasteiger partial charge >= 0.3 is 0 Å². The zero-order valence-corrected chi connectivity index (χ0v) is 11.9. The van der Waals surface area contributed by atoms with Crippen LogP contribution < -0.4 is 4.72 Å². The SMILES string of the molecule is Cc1nc(C)c(CNS(=O)(=O)c2ccccc2C#N)o1. The van der Waals surface area contributed by atoms with E-state index in [0.29, 0.717) is 17.3 Å². The highest BCUT2D eigenvalue weighted by atomic mass is 32.2. The molecule has 0 aliphatic carbocycles. The minimum absolute atomic E-state index is 0.00519. The lowest BCUT2D eigenvalue weighted by atomic mass is 10.2. The number of oxazole rings is 1. The zero-order valence-electron chi connectivity index (χ0n) is 11.0. The van der Waals surface area contributed by atoms with Crippen molar-refractivity contribution in [1.82, 2.24) is 9.71 Å². The molecule has 0 aliphatic heterocycles. The van der Waals surface area contributed by atoms with Gasteiger partial charge in [0.15, 0.2) is 5.89 Å². The van der Waals surface area contributed by atoms with Crippen LogP contribution in [-0.2, 0) is 16.6 Å². The van der Waals surface area contributed by atoms with Gasteiger partial charge in [0.05, 0.1) is 22.7 Å². The topological polar surface area (TPSA) is 96.0 Å². The van der Waals surface area contributed by atoms with Crippen molar-refractivity contribution in [2.75, 3.05) is 0 Å². The lowest BCUT2D eigenvalue weighted by Crippen LogP contribution is -2.24. The predicted octanol–water partition coefficient (Wildman–Crippen LogP) is 1.64. The molecule has 1 N–H and O–H groups in total. The van der Waals surface area contributed by atoms with Gasteiger partial charge in [-0.2, -0.15) is 5.26 Å². The first-order chi connectivity index (χ1) is 9.44. The monoisotopic (exact) mass is 291 g/mol. The van der Waals surface area contributed by atoms with Gasteiger partial charge in [-0.05, 0) is 19.1 Å². The van der Waals surface area contributed by atoms with Crippen LogP contribution in [0.25, 0.3) is 0 Å². The van der Waals surface area contributed by atoms with Gasteiger partial charge in [0.25, 0.3) is 0 Å². The number of nitrogens with one attached hydrogen (secondary N) is 1. The Morgan fingerprint density at radius 1 is 1.35 bits per heavy atom. The number of aromatic nitrogens is 1. The number of hydrogen-bond donors (Lipinski definition) is 1. The van der Waals surface area contributed by atoms with Gasteiger partial charge in [-0.15, -0.1) is 0 Å². The summed E-state index contributed by atoms with van der Waals surface area (Å²) in [6, 6.07) is 7.89. The largest absolute Gasteiger partial charge is 0.444 e. The molecule has 0 saturated heterocycles. The molecule has 0 saturated carbocycles. The summed E-state index contributed by atoms with van der Waals surface area (Å²) in [6.07, 6.45) is 0. The van der Waals surface area contributed by atoms with Gasteiger partial charge in [-0.3, -0.25) is 0 Å². The maximum Gasteiger partial charge on any atom is 0.242 e. The molecule has 1 heterocycles. The highest BCUT2D eigenvalue weighted by Gasteiger charge is 2.19. The maximum absolute atomic E-state index is 12.2. The van der Waals surface area contributed by atoms with E-state index in [2.05, 4.69) is 9.71 Å². The Bertz CT molecular complexity index is 772. The van der Waals surface area contributed by atoms with Crippen LogP contribution in [0.2, 0.25) is 0 Å². The van der Waals surface area contributed by atoms with Crippen molar-refractivity contribution in [2.45, 2.75) is 25.3 Å². The number of aryl methyl sites for hydroxylation is 2. The molecule has 6 nitrogen and oxygen atoms in total. The fourth-order valence-electron chi connectivity index (χ4n) is 1.77. The molecular weight excluding hydrogens is 278 g/mol. The number of hydrogen-bond acceptors (Lipinski definition) is 5. The van der Waals surface area contributed by atoms with E-state index in [0.717, 1.165) is 0 Å². The van der Waals surface area contributed by atoms with Crippen LogP contribution in [-0.4, -0.2) is 13.4 Å². The molecule has 1 aromatic carbocycles. The van der Waals surface area contributed by atoms with E-state index in [1.807, 2.05) is 6.07 Å². The fourth-order valence-corrected chi connectivity index (χ4v) is 2.91. The third-order valence-electron chi connectivity index (χ3n) is 2.72. The maximum atomic E-state index is 12.2. The molecule has 0 atom stereocenters. The average Bonchev–Trinajstić information content (AvgIpc) is 2.75. The Balaban J connectivity index is 2.24.